The molecule has 1 fully saturated rings. The van der Waals surface area contributed by atoms with Crippen molar-refractivity contribution in [2.24, 2.45) is 0 Å². The van der Waals surface area contributed by atoms with Crippen LogP contribution in [0.2, 0.25) is 0 Å². The van der Waals surface area contributed by atoms with Crippen molar-refractivity contribution >= 4 is 23.8 Å². The minimum Gasteiger partial charge on any atom is -0.445 e. The summed E-state index contributed by atoms with van der Waals surface area (Å²) in [6.07, 6.45) is 3.04. The van der Waals surface area contributed by atoms with E-state index < -0.39 is 6.09 Å². The molecule has 2 heterocycles. The molecule has 4 amide bonds. The third-order valence-electron chi connectivity index (χ3n) is 5.15. The normalized spacial score (nSPS) is 16.6. The standard InChI is InChI=1S/C21H25N3O5/c1-2-14-29-21(28)22-15-9-12-23(13-10-15)18(25)8-5-11-24-19(26)16-6-3-4-7-17(16)20(24)27/h2-4,6-7,15H,1,5,8-14H2,(H,22,28). The quantitative estimate of drug-likeness (QED) is 0.559. The number of benzene rings is 1. The zero-order chi connectivity index (χ0) is 20.8. The topological polar surface area (TPSA) is 96.0 Å². The van der Waals surface area contributed by atoms with Gasteiger partial charge in [-0.25, -0.2) is 4.79 Å². The Kier molecular flexibility index (Phi) is 6.64. The molecule has 0 atom stereocenters. The molecule has 2 aliphatic rings. The number of ether oxygens (including phenoxy) is 1. The summed E-state index contributed by atoms with van der Waals surface area (Å²) >= 11 is 0. The van der Waals surface area contributed by atoms with E-state index in [1.165, 1.54) is 11.0 Å². The van der Waals surface area contributed by atoms with E-state index in [-0.39, 0.29) is 43.3 Å². The third kappa shape index (κ3) is 4.82. The van der Waals surface area contributed by atoms with Crippen molar-refractivity contribution in [3.63, 3.8) is 0 Å². The van der Waals surface area contributed by atoms with Crippen LogP contribution in [0.15, 0.2) is 36.9 Å². The van der Waals surface area contributed by atoms with Crippen molar-refractivity contribution in [2.75, 3.05) is 26.2 Å². The summed E-state index contributed by atoms with van der Waals surface area (Å²) in [6.45, 7) is 4.99. The molecule has 8 nitrogen and oxygen atoms in total. The number of alkyl carbamates (subject to hydrolysis) is 1. The second-order valence-electron chi connectivity index (χ2n) is 7.10. The van der Waals surface area contributed by atoms with Crippen LogP contribution in [0, 0.1) is 0 Å². The molecular weight excluding hydrogens is 374 g/mol. The van der Waals surface area contributed by atoms with Crippen LogP contribution in [0.25, 0.3) is 0 Å². The lowest BCUT2D eigenvalue weighted by Gasteiger charge is -2.32. The molecule has 8 heteroatoms. The molecule has 1 aromatic carbocycles. The highest BCUT2D eigenvalue weighted by Gasteiger charge is 2.34. The van der Waals surface area contributed by atoms with Gasteiger partial charge in [0.05, 0.1) is 11.1 Å². The number of hydrogen-bond donors (Lipinski definition) is 1. The van der Waals surface area contributed by atoms with Crippen molar-refractivity contribution in [1.82, 2.24) is 15.1 Å². The van der Waals surface area contributed by atoms with Gasteiger partial charge in [0.1, 0.15) is 6.61 Å². The third-order valence-corrected chi connectivity index (χ3v) is 5.15. The van der Waals surface area contributed by atoms with Crippen LogP contribution in [0.3, 0.4) is 0 Å². The number of rotatable bonds is 7. The van der Waals surface area contributed by atoms with Crippen LogP contribution in [0.1, 0.15) is 46.4 Å². The Morgan fingerprint density at radius 3 is 2.34 bits per heavy atom. The molecule has 0 radical (unpaired) electrons. The highest BCUT2D eigenvalue weighted by molar-refractivity contribution is 6.21. The van der Waals surface area contributed by atoms with E-state index in [0.717, 1.165) is 0 Å². The van der Waals surface area contributed by atoms with Gasteiger partial charge in [0.2, 0.25) is 5.91 Å². The van der Waals surface area contributed by atoms with E-state index in [4.69, 9.17) is 4.74 Å². The molecule has 0 bridgehead atoms. The number of nitrogens with one attached hydrogen (secondary N) is 1. The second-order valence-corrected chi connectivity index (χ2v) is 7.10. The molecule has 0 unspecified atom stereocenters. The lowest BCUT2D eigenvalue weighted by molar-refractivity contribution is -0.132. The average Bonchev–Trinajstić information content (AvgIpc) is 2.98. The van der Waals surface area contributed by atoms with E-state index >= 15 is 0 Å². The number of carbonyl (C=O) groups excluding carboxylic acids is 4. The number of carbonyl (C=O) groups is 4. The van der Waals surface area contributed by atoms with Gasteiger partial charge in [0.15, 0.2) is 0 Å². The number of nitrogens with zero attached hydrogens (tertiary/aromatic N) is 2. The van der Waals surface area contributed by atoms with Crippen molar-refractivity contribution in [3.05, 3.63) is 48.0 Å². The number of amides is 4. The maximum absolute atomic E-state index is 12.4. The average molecular weight is 399 g/mol. The predicted octanol–water partition coefficient (Wildman–Crippen LogP) is 1.97. The Bertz CT molecular complexity index is 779. The van der Waals surface area contributed by atoms with E-state index in [0.29, 0.717) is 43.5 Å². The zero-order valence-electron chi connectivity index (χ0n) is 16.3. The monoisotopic (exact) mass is 399 g/mol. The Balaban J connectivity index is 1.39. The van der Waals surface area contributed by atoms with Gasteiger partial charge in [0.25, 0.3) is 11.8 Å². The second kappa shape index (κ2) is 9.36. The van der Waals surface area contributed by atoms with Crippen LogP contribution in [0.5, 0.6) is 0 Å². The fourth-order valence-corrected chi connectivity index (χ4v) is 3.60. The smallest absolute Gasteiger partial charge is 0.407 e. The van der Waals surface area contributed by atoms with Gasteiger partial charge < -0.3 is 15.0 Å². The minimum absolute atomic E-state index is 0.00528. The first-order valence-electron chi connectivity index (χ1n) is 9.78. The van der Waals surface area contributed by atoms with Crippen LogP contribution >= 0.6 is 0 Å². The molecule has 154 valence electrons. The summed E-state index contributed by atoms with van der Waals surface area (Å²) in [7, 11) is 0. The highest BCUT2D eigenvalue weighted by atomic mass is 16.5. The molecule has 29 heavy (non-hydrogen) atoms. The van der Waals surface area contributed by atoms with Crippen molar-refractivity contribution in [1.29, 1.82) is 0 Å². The molecular formula is C21H25N3O5. The van der Waals surface area contributed by atoms with Crippen LogP contribution < -0.4 is 5.32 Å². The number of hydrogen-bond acceptors (Lipinski definition) is 5. The summed E-state index contributed by atoms with van der Waals surface area (Å²) in [5, 5.41) is 2.78. The van der Waals surface area contributed by atoms with Crippen LogP contribution in [0.4, 0.5) is 4.79 Å². The van der Waals surface area contributed by atoms with Crippen molar-refractivity contribution in [2.45, 2.75) is 31.7 Å². The van der Waals surface area contributed by atoms with Gasteiger partial charge in [-0.3, -0.25) is 19.3 Å². The largest absolute Gasteiger partial charge is 0.445 e. The molecule has 1 N–H and O–H groups in total. The Morgan fingerprint density at radius 1 is 1.14 bits per heavy atom. The molecule has 0 aromatic heterocycles. The summed E-state index contributed by atoms with van der Waals surface area (Å²) in [5.41, 5.74) is 0.843. The molecule has 1 saturated heterocycles. The molecule has 0 aliphatic carbocycles. The minimum atomic E-state index is -0.476. The molecule has 3 rings (SSSR count). The Labute approximate surface area is 169 Å². The maximum Gasteiger partial charge on any atom is 0.407 e. The van der Waals surface area contributed by atoms with Gasteiger partial charge in [0, 0.05) is 32.1 Å². The number of piperidine rings is 1. The van der Waals surface area contributed by atoms with E-state index in [2.05, 4.69) is 11.9 Å². The number of imide groups is 1. The van der Waals surface area contributed by atoms with Crippen molar-refractivity contribution in [3.8, 4) is 0 Å². The fourth-order valence-electron chi connectivity index (χ4n) is 3.60. The fraction of sp³-hybridized carbons (Fsp3) is 0.429. The predicted molar refractivity (Wildman–Crippen MR) is 105 cm³/mol. The Hall–Kier alpha value is -3.16. The van der Waals surface area contributed by atoms with E-state index in [9.17, 15) is 19.2 Å². The molecule has 2 aliphatic heterocycles. The SMILES string of the molecule is C=CCOC(=O)NC1CCN(C(=O)CCCN2C(=O)c3ccccc3C2=O)CC1. The van der Waals surface area contributed by atoms with Crippen LogP contribution in [-0.4, -0.2) is 65.9 Å². The first kappa shape index (κ1) is 20.6. The summed E-state index contributed by atoms with van der Waals surface area (Å²) < 4.78 is 4.90. The first-order valence-corrected chi connectivity index (χ1v) is 9.78. The van der Waals surface area contributed by atoms with Gasteiger partial charge in [-0.05, 0) is 31.4 Å². The van der Waals surface area contributed by atoms with Gasteiger partial charge in [-0.2, -0.15) is 0 Å². The summed E-state index contributed by atoms with van der Waals surface area (Å²) in [5.74, 6) is -0.601. The zero-order valence-corrected chi connectivity index (χ0v) is 16.3. The van der Waals surface area contributed by atoms with Crippen molar-refractivity contribution < 1.29 is 23.9 Å². The Morgan fingerprint density at radius 2 is 1.76 bits per heavy atom. The number of fused-ring (bicyclic) bond motifs is 1. The molecule has 0 saturated carbocycles. The molecule has 1 aromatic rings. The molecule has 0 spiro atoms. The van der Waals surface area contributed by atoms with Crippen LogP contribution in [-0.2, 0) is 9.53 Å². The highest BCUT2D eigenvalue weighted by Crippen LogP contribution is 2.23. The summed E-state index contributed by atoms with van der Waals surface area (Å²) in [6, 6.07) is 6.73. The lowest BCUT2D eigenvalue weighted by atomic mass is 10.0. The van der Waals surface area contributed by atoms with Gasteiger partial charge in [-0.1, -0.05) is 24.8 Å². The lowest BCUT2D eigenvalue weighted by Crippen LogP contribution is -2.46. The van der Waals surface area contributed by atoms with Gasteiger partial charge >= 0.3 is 6.09 Å². The first-order chi connectivity index (χ1) is 14.0. The number of likely N-dealkylation sites (tertiary alicyclic amines) is 1. The summed E-state index contributed by atoms with van der Waals surface area (Å²) in [4.78, 5) is 51.6. The van der Waals surface area contributed by atoms with E-state index in [1.807, 2.05) is 0 Å². The van der Waals surface area contributed by atoms with E-state index in [1.54, 1.807) is 29.2 Å². The maximum atomic E-state index is 12.4. The van der Waals surface area contributed by atoms with Gasteiger partial charge in [-0.15, -0.1) is 0 Å².